The fraction of sp³-hybridized carbons (Fsp3) is 0.714. The molecule has 0 unspecified atom stereocenters. The molecule has 0 fully saturated rings. The van der Waals surface area contributed by atoms with Crippen LogP contribution in [0.5, 0.6) is 0 Å². The van der Waals surface area contributed by atoms with Crippen molar-refractivity contribution in [2.45, 2.75) is 24.0 Å². The second-order valence-corrected chi connectivity index (χ2v) is 5.85. The maximum Gasteiger partial charge on any atom is 0.0734 e. The molecule has 0 saturated carbocycles. The summed E-state index contributed by atoms with van der Waals surface area (Å²) in [6.45, 7) is 8.25. The average molecular weight is 256 g/mol. The van der Waals surface area contributed by atoms with Crippen LogP contribution >= 0.6 is 31.9 Å². The smallest absolute Gasteiger partial charge is 0.0734 e. The first-order valence-electron chi connectivity index (χ1n) is 3.00. The minimum atomic E-state index is 0.389. The minimum Gasteiger partial charge on any atom is -0.0995 e. The maximum absolute atomic E-state index is 3.93. The van der Waals surface area contributed by atoms with E-state index in [4.69, 9.17) is 0 Å². The summed E-state index contributed by atoms with van der Waals surface area (Å²) in [6.07, 6.45) is 1.01. The lowest BCUT2D eigenvalue weighted by Gasteiger charge is -2.08. The van der Waals surface area contributed by atoms with E-state index in [1.54, 1.807) is 0 Å². The summed E-state index contributed by atoms with van der Waals surface area (Å²) >= 11 is 6.80. The summed E-state index contributed by atoms with van der Waals surface area (Å²) in [5, 5.41) is 0. The number of allylic oxidation sites excluding steroid dienone is 1. The van der Waals surface area contributed by atoms with Gasteiger partial charge in [0.25, 0.3) is 0 Å². The van der Waals surface area contributed by atoms with Crippen LogP contribution in [0.3, 0.4) is 0 Å². The molecular weight excluding hydrogens is 244 g/mol. The van der Waals surface area contributed by atoms with Gasteiger partial charge in [0.05, 0.1) is 3.74 Å². The highest BCUT2D eigenvalue weighted by Crippen LogP contribution is 2.21. The Morgan fingerprint density at radius 1 is 1.44 bits per heavy atom. The van der Waals surface area contributed by atoms with E-state index >= 15 is 0 Å². The molecule has 54 valence electrons. The van der Waals surface area contributed by atoms with Crippen LogP contribution in [0.4, 0.5) is 0 Å². The predicted octanol–water partition coefficient (Wildman–Crippen LogP) is 3.70. The van der Waals surface area contributed by atoms with Crippen LogP contribution in [0.15, 0.2) is 12.2 Å². The Balaban J connectivity index is 3.51. The summed E-state index contributed by atoms with van der Waals surface area (Å²) in [4.78, 5) is 0. The van der Waals surface area contributed by atoms with Crippen molar-refractivity contribution < 1.29 is 0 Å². The van der Waals surface area contributed by atoms with E-state index in [9.17, 15) is 0 Å². The van der Waals surface area contributed by atoms with Gasteiger partial charge in [0.1, 0.15) is 0 Å². The molecule has 0 nitrogen and oxygen atoms in total. The van der Waals surface area contributed by atoms with Crippen molar-refractivity contribution in [3.8, 4) is 0 Å². The van der Waals surface area contributed by atoms with Gasteiger partial charge in [0.2, 0.25) is 0 Å². The van der Waals surface area contributed by atoms with Gasteiger partial charge in [0, 0.05) is 0 Å². The Kier molecular flexibility index (Phi) is 4.86. The van der Waals surface area contributed by atoms with E-state index in [-0.39, 0.29) is 0 Å². The molecule has 0 rings (SSSR count). The van der Waals surface area contributed by atoms with Crippen molar-refractivity contribution in [1.29, 1.82) is 0 Å². The van der Waals surface area contributed by atoms with E-state index in [0.29, 0.717) is 9.65 Å². The molecule has 9 heavy (non-hydrogen) atoms. The molecule has 0 aromatic carbocycles. The van der Waals surface area contributed by atoms with Crippen LogP contribution in [0.2, 0.25) is 0 Å². The SMILES string of the molecule is C=C(CC(Br)Br)C(C)C. The third kappa shape index (κ3) is 5.16. The van der Waals surface area contributed by atoms with Gasteiger partial charge in [0.15, 0.2) is 0 Å². The van der Waals surface area contributed by atoms with Gasteiger partial charge < -0.3 is 0 Å². The lowest BCUT2D eigenvalue weighted by Crippen LogP contribution is -1.96. The second-order valence-electron chi connectivity index (χ2n) is 2.41. The first kappa shape index (κ1) is 9.70. The minimum absolute atomic E-state index is 0.389. The van der Waals surface area contributed by atoms with Gasteiger partial charge >= 0.3 is 0 Å². The van der Waals surface area contributed by atoms with Crippen molar-refractivity contribution in [3.05, 3.63) is 12.2 Å². The zero-order chi connectivity index (χ0) is 7.44. The van der Waals surface area contributed by atoms with Crippen LogP contribution in [0.1, 0.15) is 20.3 Å². The number of hydrogen-bond acceptors (Lipinski definition) is 0. The summed E-state index contributed by atoms with van der Waals surface area (Å²) in [5.74, 6) is 0.600. The molecule has 0 amide bonds. The van der Waals surface area contributed by atoms with Crippen LogP contribution in [-0.2, 0) is 0 Å². The molecule has 0 aliphatic rings. The molecule has 0 spiro atoms. The van der Waals surface area contributed by atoms with E-state index in [0.717, 1.165) is 6.42 Å². The molecule has 0 saturated heterocycles. The fourth-order valence-electron chi connectivity index (χ4n) is 0.434. The van der Waals surface area contributed by atoms with Crippen molar-refractivity contribution in [2.75, 3.05) is 0 Å². The van der Waals surface area contributed by atoms with E-state index in [2.05, 4.69) is 52.3 Å². The molecule has 0 bridgehead atoms. The number of alkyl halides is 2. The molecule has 0 heterocycles. The third-order valence-electron chi connectivity index (χ3n) is 1.23. The van der Waals surface area contributed by atoms with Crippen molar-refractivity contribution in [2.24, 2.45) is 5.92 Å². The third-order valence-corrected chi connectivity index (χ3v) is 1.88. The van der Waals surface area contributed by atoms with Gasteiger partial charge in [-0.25, -0.2) is 0 Å². The summed E-state index contributed by atoms with van der Waals surface area (Å²) in [6, 6.07) is 0. The monoisotopic (exact) mass is 254 g/mol. The largest absolute Gasteiger partial charge is 0.0995 e. The van der Waals surface area contributed by atoms with Crippen LogP contribution in [0, 0.1) is 5.92 Å². The Morgan fingerprint density at radius 3 is 2.00 bits per heavy atom. The highest BCUT2D eigenvalue weighted by atomic mass is 79.9. The van der Waals surface area contributed by atoms with Gasteiger partial charge in [-0.15, -0.1) is 0 Å². The Labute approximate surface area is 74.0 Å². The van der Waals surface area contributed by atoms with Gasteiger partial charge in [-0.05, 0) is 12.3 Å². The first-order valence-corrected chi connectivity index (χ1v) is 4.83. The molecule has 0 aliphatic heterocycles. The van der Waals surface area contributed by atoms with Gasteiger partial charge in [-0.1, -0.05) is 57.9 Å². The molecule has 0 atom stereocenters. The Hall–Kier alpha value is 0.700. The van der Waals surface area contributed by atoms with E-state index in [1.165, 1.54) is 5.57 Å². The normalized spacial score (nSPS) is 10.9. The molecule has 0 aromatic rings. The predicted molar refractivity (Wildman–Crippen MR) is 50.2 cm³/mol. The zero-order valence-corrected chi connectivity index (χ0v) is 9.00. The average Bonchev–Trinajstić information content (AvgIpc) is 1.63. The molecule has 0 aromatic heterocycles. The van der Waals surface area contributed by atoms with Crippen molar-refractivity contribution in [3.63, 3.8) is 0 Å². The summed E-state index contributed by atoms with van der Waals surface area (Å²) in [7, 11) is 0. The van der Waals surface area contributed by atoms with Crippen molar-refractivity contribution in [1.82, 2.24) is 0 Å². The van der Waals surface area contributed by atoms with Crippen LogP contribution in [-0.4, -0.2) is 3.74 Å². The Morgan fingerprint density at radius 2 is 1.89 bits per heavy atom. The Bertz CT molecular complexity index is 95.1. The quantitative estimate of drug-likeness (QED) is 0.533. The summed E-state index contributed by atoms with van der Waals surface area (Å²) < 4.78 is 0.389. The van der Waals surface area contributed by atoms with Crippen LogP contribution in [0.25, 0.3) is 0 Å². The lowest BCUT2D eigenvalue weighted by molar-refractivity contribution is 0.736. The van der Waals surface area contributed by atoms with Crippen molar-refractivity contribution >= 4 is 31.9 Å². The van der Waals surface area contributed by atoms with Crippen LogP contribution < -0.4 is 0 Å². The molecule has 0 radical (unpaired) electrons. The van der Waals surface area contributed by atoms with Gasteiger partial charge in [-0.3, -0.25) is 0 Å². The van der Waals surface area contributed by atoms with Gasteiger partial charge in [-0.2, -0.15) is 0 Å². The molecule has 2 heteroatoms. The maximum atomic E-state index is 3.93. The molecular formula is C7H12Br2. The van der Waals surface area contributed by atoms with E-state index in [1.807, 2.05) is 0 Å². The number of rotatable bonds is 3. The first-order chi connectivity index (χ1) is 4.04. The fourth-order valence-corrected chi connectivity index (χ4v) is 1.27. The topological polar surface area (TPSA) is 0 Å². The molecule has 0 N–H and O–H groups in total. The molecule has 0 aliphatic carbocycles. The number of hydrogen-bond donors (Lipinski definition) is 0. The highest BCUT2D eigenvalue weighted by molar-refractivity contribution is 9.24. The summed E-state index contributed by atoms with van der Waals surface area (Å²) in [5.41, 5.74) is 1.29. The number of halogens is 2. The van der Waals surface area contributed by atoms with E-state index < -0.39 is 0 Å². The zero-order valence-electron chi connectivity index (χ0n) is 5.82. The highest BCUT2D eigenvalue weighted by Gasteiger charge is 2.03. The second kappa shape index (κ2) is 4.51. The standard InChI is InChI=1S/C7H12Br2/c1-5(2)6(3)4-7(8)9/h5,7H,3-4H2,1-2H3. The lowest BCUT2D eigenvalue weighted by atomic mass is 10.0.